The van der Waals surface area contributed by atoms with Crippen molar-refractivity contribution in [1.29, 1.82) is 0 Å². The summed E-state index contributed by atoms with van der Waals surface area (Å²) in [6, 6.07) is 8.88. The fourth-order valence-electron chi connectivity index (χ4n) is 4.30. The molecule has 3 N–H and O–H groups in total. The molecule has 1 unspecified atom stereocenters. The number of halogens is 4. The average Bonchev–Trinajstić information content (AvgIpc) is 3.34. The lowest BCUT2D eigenvalue weighted by Gasteiger charge is -2.36. The van der Waals surface area contributed by atoms with Crippen LogP contribution in [-0.2, 0) is 30.5 Å². The van der Waals surface area contributed by atoms with E-state index in [2.05, 4.69) is 20.5 Å². The largest absolute Gasteiger partial charge is 0.508 e. The predicted octanol–water partition coefficient (Wildman–Crippen LogP) is 3.70. The van der Waals surface area contributed by atoms with Crippen molar-refractivity contribution < 1.29 is 32.3 Å². The zero-order valence-corrected chi connectivity index (χ0v) is 19.0. The van der Waals surface area contributed by atoms with Crippen molar-refractivity contribution in [3.63, 3.8) is 0 Å². The van der Waals surface area contributed by atoms with Gasteiger partial charge >= 0.3 is 6.18 Å². The van der Waals surface area contributed by atoms with Gasteiger partial charge in [0, 0.05) is 30.1 Å². The number of aromatic nitrogens is 3. The van der Waals surface area contributed by atoms with E-state index in [4.69, 9.17) is 0 Å². The van der Waals surface area contributed by atoms with Gasteiger partial charge in [0.2, 0.25) is 5.91 Å². The van der Waals surface area contributed by atoms with Crippen LogP contribution in [0.3, 0.4) is 0 Å². The van der Waals surface area contributed by atoms with Gasteiger partial charge in [0.1, 0.15) is 17.6 Å². The van der Waals surface area contributed by atoms with E-state index in [-0.39, 0.29) is 24.4 Å². The number of phenolic OH excluding ortho intramolecular Hbond substituents is 1. The van der Waals surface area contributed by atoms with Crippen molar-refractivity contribution in [3.8, 4) is 5.75 Å². The van der Waals surface area contributed by atoms with Crippen molar-refractivity contribution in [3.05, 3.63) is 88.6 Å². The van der Waals surface area contributed by atoms with E-state index >= 15 is 0 Å². The Morgan fingerprint density at radius 2 is 1.92 bits per heavy atom. The van der Waals surface area contributed by atoms with Crippen LogP contribution in [0.15, 0.2) is 54.9 Å². The number of pyridine rings is 1. The Balaban J connectivity index is 1.40. The van der Waals surface area contributed by atoms with E-state index in [1.54, 1.807) is 30.5 Å². The normalized spacial score (nSPS) is 15.5. The van der Waals surface area contributed by atoms with Gasteiger partial charge in [-0.25, -0.2) is 4.39 Å². The number of amides is 2. The van der Waals surface area contributed by atoms with Crippen LogP contribution >= 0.6 is 0 Å². The summed E-state index contributed by atoms with van der Waals surface area (Å²) in [5, 5.41) is 19.8. The molecule has 4 aromatic rings. The predicted molar refractivity (Wildman–Crippen MR) is 123 cm³/mol. The molecule has 0 radical (unpaired) electrons. The highest BCUT2D eigenvalue weighted by atomic mass is 19.4. The second-order valence-electron chi connectivity index (χ2n) is 8.65. The van der Waals surface area contributed by atoms with Crippen molar-refractivity contribution >= 4 is 22.7 Å². The van der Waals surface area contributed by atoms with Gasteiger partial charge in [-0.15, -0.1) is 0 Å². The number of H-pyrrole nitrogens is 1. The molecule has 2 aromatic heterocycles. The van der Waals surface area contributed by atoms with Gasteiger partial charge in [-0.3, -0.25) is 19.7 Å². The first kappa shape index (κ1) is 24.2. The maximum atomic E-state index is 14.2. The van der Waals surface area contributed by atoms with Gasteiger partial charge in [0.15, 0.2) is 0 Å². The van der Waals surface area contributed by atoms with Crippen LogP contribution in [-0.4, -0.2) is 43.0 Å². The molecular formula is C25H19F4N5O3. The zero-order chi connectivity index (χ0) is 26.3. The number of alkyl halides is 3. The summed E-state index contributed by atoms with van der Waals surface area (Å²) in [6.45, 7) is -0.405. The topological polar surface area (TPSA) is 111 Å². The number of carbonyl (C=O) groups is 2. The van der Waals surface area contributed by atoms with E-state index < -0.39 is 42.0 Å². The van der Waals surface area contributed by atoms with Crippen molar-refractivity contribution in [1.82, 2.24) is 25.4 Å². The summed E-state index contributed by atoms with van der Waals surface area (Å²) < 4.78 is 52.6. The van der Waals surface area contributed by atoms with Crippen LogP contribution in [0.2, 0.25) is 0 Å². The molecular weight excluding hydrogens is 494 g/mol. The van der Waals surface area contributed by atoms with Gasteiger partial charge in [-0.05, 0) is 47.5 Å². The zero-order valence-electron chi connectivity index (χ0n) is 19.0. The minimum atomic E-state index is -4.75. The number of nitrogens with one attached hydrogen (secondary N) is 2. The number of aromatic amines is 1. The summed E-state index contributed by atoms with van der Waals surface area (Å²) in [4.78, 5) is 31.6. The van der Waals surface area contributed by atoms with Gasteiger partial charge in [-0.2, -0.15) is 18.3 Å². The van der Waals surface area contributed by atoms with E-state index in [0.29, 0.717) is 28.8 Å². The second kappa shape index (κ2) is 9.19. The van der Waals surface area contributed by atoms with Gasteiger partial charge < -0.3 is 15.3 Å². The first-order chi connectivity index (χ1) is 17.6. The molecule has 3 heterocycles. The highest BCUT2D eigenvalue weighted by Crippen LogP contribution is 2.30. The second-order valence-corrected chi connectivity index (χ2v) is 8.65. The molecule has 0 fully saturated rings. The van der Waals surface area contributed by atoms with Crippen LogP contribution in [0.25, 0.3) is 10.9 Å². The fraction of sp³-hybridized carbons (Fsp3) is 0.200. The van der Waals surface area contributed by atoms with Gasteiger partial charge in [0.05, 0.1) is 29.5 Å². The maximum absolute atomic E-state index is 14.2. The Bertz CT molecular complexity index is 1520. The summed E-state index contributed by atoms with van der Waals surface area (Å²) in [7, 11) is 0. The third-order valence-electron chi connectivity index (χ3n) is 6.25. The lowest BCUT2D eigenvalue weighted by molar-refractivity contribution is -0.138. The third kappa shape index (κ3) is 4.82. The molecule has 2 amide bonds. The Kier molecular flexibility index (Phi) is 6.02. The molecule has 0 aliphatic carbocycles. The number of fused-ring (bicyclic) bond motifs is 2. The summed E-state index contributed by atoms with van der Waals surface area (Å²) in [5.41, 5.74) is 0.845. The third-order valence-corrected chi connectivity index (χ3v) is 6.25. The molecule has 0 spiro atoms. The highest BCUT2D eigenvalue weighted by Gasteiger charge is 2.36. The van der Waals surface area contributed by atoms with Crippen molar-refractivity contribution in [2.45, 2.75) is 31.7 Å². The average molecular weight is 513 g/mol. The molecule has 1 aliphatic rings. The number of aromatic hydroxyl groups is 1. The number of phenols is 1. The first-order valence-electron chi connectivity index (χ1n) is 11.1. The molecule has 1 aliphatic heterocycles. The van der Waals surface area contributed by atoms with E-state index in [1.165, 1.54) is 17.0 Å². The minimum Gasteiger partial charge on any atom is -0.508 e. The molecule has 5 rings (SSSR count). The lowest BCUT2D eigenvalue weighted by atomic mass is 9.92. The number of hydrogen-bond donors (Lipinski definition) is 3. The molecule has 0 saturated heterocycles. The number of hydrogen-bond acceptors (Lipinski definition) is 5. The van der Waals surface area contributed by atoms with Crippen molar-refractivity contribution in [2.75, 3.05) is 0 Å². The minimum absolute atomic E-state index is 0.000815. The van der Waals surface area contributed by atoms with Gasteiger partial charge in [-0.1, -0.05) is 6.07 Å². The summed E-state index contributed by atoms with van der Waals surface area (Å²) in [6.07, 6.45) is -2.63. The number of benzene rings is 2. The Labute approximate surface area is 206 Å². The number of carbonyl (C=O) groups excluding carboxylic acids is 2. The van der Waals surface area contributed by atoms with E-state index in [9.17, 15) is 32.3 Å². The van der Waals surface area contributed by atoms with E-state index in [0.717, 1.165) is 11.1 Å². The van der Waals surface area contributed by atoms with Crippen LogP contribution < -0.4 is 5.32 Å². The van der Waals surface area contributed by atoms with Gasteiger partial charge in [0.25, 0.3) is 5.91 Å². The molecule has 1 atom stereocenters. The van der Waals surface area contributed by atoms with Crippen molar-refractivity contribution in [2.24, 2.45) is 0 Å². The van der Waals surface area contributed by atoms with Crippen LogP contribution in [0.5, 0.6) is 5.75 Å². The number of rotatable bonds is 4. The fourth-order valence-corrected chi connectivity index (χ4v) is 4.30. The maximum Gasteiger partial charge on any atom is 0.417 e. The molecule has 190 valence electrons. The highest BCUT2D eigenvalue weighted by molar-refractivity contribution is 6.00. The summed E-state index contributed by atoms with van der Waals surface area (Å²) >= 11 is 0. The Morgan fingerprint density at radius 3 is 2.68 bits per heavy atom. The monoisotopic (exact) mass is 513 g/mol. The van der Waals surface area contributed by atoms with Crippen LogP contribution in [0.4, 0.5) is 17.6 Å². The quantitative estimate of drug-likeness (QED) is 0.361. The summed E-state index contributed by atoms with van der Waals surface area (Å²) in [5.74, 6) is -2.29. The van der Waals surface area contributed by atoms with Crippen LogP contribution in [0, 0.1) is 5.82 Å². The standard InChI is InChI=1S/C25H19F4N5O3/c26-19-8-17(25(27,28)29)10-30-21(19)11-31-23(36)22-7-15-6-18(35)3-1-14(15)12-34(22)24(37)13-2-4-20-16(5-13)9-32-33-20/h1-6,8-10,22,35H,7,11-12H2,(H,31,36)(H,32,33). The molecule has 8 nitrogen and oxygen atoms in total. The Morgan fingerprint density at radius 1 is 1.11 bits per heavy atom. The Hall–Kier alpha value is -4.48. The molecule has 2 aromatic carbocycles. The smallest absolute Gasteiger partial charge is 0.417 e. The molecule has 0 saturated carbocycles. The lowest BCUT2D eigenvalue weighted by Crippen LogP contribution is -2.52. The molecule has 0 bridgehead atoms. The van der Waals surface area contributed by atoms with Crippen LogP contribution in [0.1, 0.15) is 32.7 Å². The number of nitrogens with zero attached hydrogens (tertiary/aromatic N) is 3. The first-order valence-corrected chi connectivity index (χ1v) is 11.1. The SMILES string of the molecule is O=C(NCc1ncc(C(F)(F)F)cc1F)C1Cc2cc(O)ccc2CN1C(=O)c1ccc2[nH]ncc2c1. The molecule has 12 heteroatoms. The van der Waals surface area contributed by atoms with E-state index in [1.807, 2.05) is 0 Å². The molecule has 37 heavy (non-hydrogen) atoms.